The maximum absolute atomic E-state index is 11.5. The predicted molar refractivity (Wildman–Crippen MR) is 65.7 cm³/mol. The van der Waals surface area contributed by atoms with Gasteiger partial charge in [0.05, 0.1) is 11.8 Å². The van der Waals surface area contributed by atoms with Crippen molar-refractivity contribution < 1.29 is 32.3 Å². The smallest absolute Gasteiger partial charge is 0.338 e. The Hall–Kier alpha value is -2.22. The topological polar surface area (TPSA) is 110 Å². The van der Waals surface area contributed by atoms with Gasteiger partial charge in [-0.3, -0.25) is 0 Å². The number of aromatic hydroxyl groups is 2. The molecule has 0 spiro atoms. The second-order valence-electron chi connectivity index (χ2n) is 3.52. The van der Waals surface area contributed by atoms with E-state index in [9.17, 15) is 23.4 Å². The van der Waals surface area contributed by atoms with Gasteiger partial charge in [0.2, 0.25) is 5.75 Å². The van der Waals surface area contributed by atoms with Crippen LogP contribution in [0.15, 0.2) is 24.8 Å². The number of benzene rings is 1. The first-order chi connectivity index (χ1) is 8.74. The van der Waals surface area contributed by atoms with Crippen LogP contribution < -0.4 is 4.18 Å². The van der Waals surface area contributed by atoms with Gasteiger partial charge in [0.15, 0.2) is 11.5 Å². The van der Waals surface area contributed by atoms with Crippen LogP contribution in [0.25, 0.3) is 0 Å². The van der Waals surface area contributed by atoms with Gasteiger partial charge in [-0.15, -0.1) is 0 Å². The van der Waals surface area contributed by atoms with E-state index in [4.69, 9.17) is 4.74 Å². The quantitative estimate of drug-likeness (QED) is 0.356. The van der Waals surface area contributed by atoms with Crippen LogP contribution in [0, 0.1) is 0 Å². The summed E-state index contributed by atoms with van der Waals surface area (Å²) in [6.45, 7) is 3.30. The Morgan fingerprint density at radius 1 is 1.42 bits per heavy atom. The van der Waals surface area contributed by atoms with Crippen LogP contribution in [-0.2, 0) is 14.9 Å². The molecule has 19 heavy (non-hydrogen) atoms. The van der Waals surface area contributed by atoms with E-state index in [0.717, 1.165) is 18.4 Å². The molecule has 0 unspecified atom stereocenters. The summed E-state index contributed by atoms with van der Waals surface area (Å²) >= 11 is 0. The molecule has 7 nitrogen and oxygen atoms in total. The van der Waals surface area contributed by atoms with E-state index < -0.39 is 33.3 Å². The number of hydrogen-bond acceptors (Lipinski definition) is 7. The average molecular weight is 288 g/mol. The van der Waals surface area contributed by atoms with Crippen molar-refractivity contribution in [1.29, 1.82) is 0 Å². The van der Waals surface area contributed by atoms with E-state index in [0.29, 0.717) is 0 Å². The molecule has 2 N–H and O–H groups in total. The SMILES string of the molecule is C=CCOC(=O)c1cc(O)c(O)c(OS(C)(=O)=O)c1. The van der Waals surface area contributed by atoms with Gasteiger partial charge in [-0.2, -0.15) is 8.42 Å². The monoisotopic (exact) mass is 288 g/mol. The van der Waals surface area contributed by atoms with E-state index in [2.05, 4.69) is 10.8 Å². The van der Waals surface area contributed by atoms with E-state index in [1.807, 2.05) is 0 Å². The van der Waals surface area contributed by atoms with Crippen molar-refractivity contribution in [2.75, 3.05) is 12.9 Å². The van der Waals surface area contributed by atoms with Crippen LogP contribution >= 0.6 is 0 Å². The summed E-state index contributed by atoms with van der Waals surface area (Å²) in [6, 6.07) is 1.87. The minimum atomic E-state index is -3.92. The normalized spacial score (nSPS) is 10.8. The van der Waals surface area contributed by atoms with Crippen LogP contribution in [0.3, 0.4) is 0 Å². The molecular formula is C11H12O7S. The number of rotatable bonds is 5. The van der Waals surface area contributed by atoms with E-state index >= 15 is 0 Å². The third-order valence-corrected chi connectivity index (χ3v) is 2.35. The summed E-state index contributed by atoms with van der Waals surface area (Å²) in [5.41, 5.74) is -0.171. The zero-order valence-electron chi connectivity index (χ0n) is 9.99. The lowest BCUT2D eigenvalue weighted by Crippen LogP contribution is -2.08. The summed E-state index contributed by atoms with van der Waals surface area (Å²) in [6.07, 6.45) is 2.10. The summed E-state index contributed by atoms with van der Waals surface area (Å²) < 4.78 is 31.1. The molecule has 0 aromatic heterocycles. The Morgan fingerprint density at radius 2 is 2.05 bits per heavy atom. The number of carbonyl (C=O) groups excluding carboxylic acids is 1. The van der Waals surface area contributed by atoms with E-state index in [1.165, 1.54) is 6.08 Å². The molecule has 0 atom stereocenters. The Bertz CT molecular complexity index is 604. The van der Waals surface area contributed by atoms with Gasteiger partial charge in [0, 0.05) is 6.07 Å². The maximum atomic E-state index is 11.5. The molecule has 1 rings (SSSR count). The van der Waals surface area contributed by atoms with Crippen LogP contribution in [-0.4, -0.2) is 37.5 Å². The van der Waals surface area contributed by atoms with Crippen LogP contribution in [0.1, 0.15) is 10.4 Å². The van der Waals surface area contributed by atoms with Crippen molar-refractivity contribution in [3.05, 3.63) is 30.4 Å². The number of carbonyl (C=O) groups is 1. The highest BCUT2D eigenvalue weighted by molar-refractivity contribution is 7.86. The highest BCUT2D eigenvalue weighted by Crippen LogP contribution is 2.37. The Morgan fingerprint density at radius 3 is 2.58 bits per heavy atom. The molecule has 0 bridgehead atoms. The van der Waals surface area contributed by atoms with Crippen LogP contribution in [0.5, 0.6) is 17.2 Å². The molecule has 0 saturated carbocycles. The van der Waals surface area contributed by atoms with Gasteiger partial charge in [0.25, 0.3) is 0 Å². The highest BCUT2D eigenvalue weighted by atomic mass is 32.2. The minimum absolute atomic E-state index is 0.0528. The zero-order valence-corrected chi connectivity index (χ0v) is 10.8. The number of phenols is 2. The summed E-state index contributed by atoms with van der Waals surface area (Å²) in [4.78, 5) is 11.5. The number of hydrogen-bond donors (Lipinski definition) is 2. The third-order valence-electron chi connectivity index (χ3n) is 1.86. The van der Waals surface area contributed by atoms with Crippen molar-refractivity contribution in [2.24, 2.45) is 0 Å². The summed E-state index contributed by atoms with van der Waals surface area (Å²) in [7, 11) is -3.92. The van der Waals surface area contributed by atoms with Crippen molar-refractivity contribution in [3.63, 3.8) is 0 Å². The summed E-state index contributed by atoms with van der Waals surface area (Å²) in [5.74, 6) is -2.88. The third kappa shape index (κ3) is 4.18. The molecule has 1 aromatic carbocycles. The molecule has 0 aliphatic carbocycles. The molecule has 0 heterocycles. The number of ether oxygens (including phenoxy) is 1. The lowest BCUT2D eigenvalue weighted by molar-refractivity contribution is 0.0549. The average Bonchev–Trinajstić information content (AvgIpc) is 2.29. The van der Waals surface area contributed by atoms with Gasteiger partial charge in [0.1, 0.15) is 6.61 Å². The number of esters is 1. The first-order valence-electron chi connectivity index (χ1n) is 4.98. The standard InChI is InChI=1S/C11H12O7S/c1-3-4-17-11(14)7-5-8(12)10(13)9(6-7)18-19(2,15)16/h3,5-6,12-13H,1,4H2,2H3. The maximum Gasteiger partial charge on any atom is 0.338 e. The Kier molecular flexibility index (Phi) is 4.38. The lowest BCUT2D eigenvalue weighted by atomic mass is 10.2. The Balaban J connectivity index is 3.16. The lowest BCUT2D eigenvalue weighted by Gasteiger charge is -2.09. The molecule has 104 valence electrons. The largest absolute Gasteiger partial charge is 0.504 e. The van der Waals surface area contributed by atoms with Gasteiger partial charge in [-0.25, -0.2) is 4.79 Å². The fraction of sp³-hybridized carbons (Fsp3) is 0.182. The van der Waals surface area contributed by atoms with Crippen LogP contribution in [0.2, 0.25) is 0 Å². The van der Waals surface area contributed by atoms with Crippen LogP contribution in [0.4, 0.5) is 0 Å². The molecule has 0 saturated heterocycles. The van der Waals surface area contributed by atoms with Crippen molar-refractivity contribution in [1.82, 2.24) is 0 Å². The first kappa shape index (κ1) is 14.8. The fourth-order valence-electron chi connectivity index (χ4n) is 1.16. The van der Waals surface area contributed by atoms with Gasteiger partial charge in [-0.1, -0.05) is 12.7 Å². The van der Waals surface area contributed by atoms with Gasteiger partial charge in [-0.05, 0) is 6.07 Å². The molecule has 0 radical (unpaired) electrons. The molecule has 0 aliphatic heterocycles. The molecule has 8 heteroatoms. The van der Waals surface area contributed by atoms with E-state index in [1.54, 1.807) is 0 Å². The predicted octanol–water partition coefficient (Wildman–Crippen LogP) is 0.779. The molecule has 0 amide bonds. The molecule has 1 aromatic rings. The van der Waals surface area contributed by atoms with Gasteiger partial charge < -0.3 is 19.1 Å². The number of phenolic OH excluding ortho intramolecular Hbond substituents is 2. The second-order valence-corrected chi connectivity index (χ2v) is 5.09. The van der Waals surface area contributed by atoms with Gasteiger partial charge >= 0.3 is 16.1 Å². The fourth-order valence-corrected chi connectivity index (χ4v) is 1.61. The summed E-state index contributed by atoms with van der Waals surface area (Å²) in [5, 5.41) is 18.8. The first-order valence-corrected chi connectivity index (χ1v) is 6.79. The van der Waals surface area contributed by atoms with E-state index in [-0.39, 0.29) is 12.2 Å². The second kappa shape index (κ2) is 5.61. The zero-order chi connectivity index (χ0) is 14.6. The highest BCUT2D eigenvalue weighted by Gasteiger charge is 2.18. The minimum Gasteiger partial charge on any atom is -0.504 e. The van der Waals surface area contributed by atoms with Crippen molar-refractivity contribution >= 4 is 16.1 Å². The molecular weight excluding hydrogens is 276 g/mol. The Labute approximate surface area is 109 Å². The van der Waals surface area contributed by atoms with Crippen molar-refractivity contribution in [3.8, 4) is 17.2 Å². The van der Waals surface area contributed by atoms with Crippen molar-refractivity contribution in [2.45, 2.75) is 0 Å². The molecule has 0 aliphatic rings. The molecule has 0 fully saturated rings.